The van der Waals surface area contributed by atoms with Crippen LogP contribution in [-0.4, -0.2) is 22.2 Å². The van der Waals surface area contributed by atoms with Gasteiger partial charge in [0, 0.05) is 0 Å². The third-order valence-corrected chi connectivity index (χ3v) is 5.11. The van der Waals surface area contributed by atoms with Gasteiger partial charge in [0.15, 0.2) is 0 Å². The number of carbonyl (C=O) groups is 2. The van der Waals surface area contributed by atoms with E-state index < -0.39 is 23.3 Å². The van der Waals surface area contributed by atoms with Crippen LogP contribution in [0.5, 0.6) is 0 Å². The molecule has 3 rings (SSSR count). The highest BCUT2D eigenvalue weighted by Crippen LogP contribution is 2.61. The maximum atomic E-state index is 11.6. The molecule has 2 bridgehead atoms. The van der Waals surface area contributed by atoms with Crippen LogP contribution in [0.25, 0.3) is 0 Å². The molecule has 0 aromatic carbocycles. The molecule has 4 nitrogen and oxygen atoms in total. The zero-order chi connectivity index (χ0) is 12.2. The number of rotatable bonds is 2. The predicted octanol–water partition coefficient (Wildman–Crippen LogP) is 1.76. The van der Waals surface area contributed by atoms with Gasteiger partial charge in [0.25, 0.3) is 0 Å². The highest BCUT2D eigenvalue weighted by molar-refractivity contribution is 5.84. The number of carboxylic acid groups (broad SMARTS) is 2. The molecule has 3 aliphatic carbocycles. The SMILES string of the molecule is O=C(O)C1CC2CC=CC3CC1(C(=O)O)CC32. The summed E-state index contributed by atoms with van der Waals surface area (Å²) >= 11 is 0. The third kappa shape index (κ3) is 1.30. The van der Waals surface area contributed by atoms with E-state index in [1.54, 1.807) is 0 Å². The molecule has 92 valence electrons. The monoisotopic (exact) mass is 236 g/mol. The Bertz CT molecular complexity index is 414. The first kappa shape index (κ1) is 10.8. The van der Waals surface area contributed by atoms with E-state index in [0.717, 1.165) is 6.42 Å². The second-order valence-corrected chi connectivity index (χ2v) is 5.75. The number of carboxylic acids is 2. The molecule has 0 aliphatic heterocycles. The number of hydrogen-bond acceptors (Lipinski definition) is 2. The lowest BCUT2D eigenvalue weighted by Gasteiger charge is -2.39. The van der Waals surface area contributed by atoms with Crippen molar-refractivity contribution in [1.82, 2.24) is 0 Å². The molecule has 3 aliphatic rings. The van der Waals surface area contributed by atoms with E-state index in [2.05, 4.69) is 12.2 Å². The van der Waals surface area contributed by atoms with Crippen LogP contribution >= 0.6 is 0 Å². The summed E-state index contributed by atoms with van der Waals surface area (Å²) in [5.41, 5.74) is -1.01. The van der Waals surface area contributed by atoms with E-state index >= 15 is 0 Å². The fourth-order valence-electron chi connectivity index (χ4n) is 4.30. The Balaban J connectivity index is 2.04. The molecule has 4 heteroatoms. The van der Waals surface area contributed by atoms with Gasteiger partial charge in [0.2, 0.25) is 0 Å². The van der Waals surface area contributed by atoms with Crippen LogP contribution in [0.15, 0.2) is 12.2 Å². The van der Waals surface area contributed by atoms with Gasteiger partial charge in [-0.3, -0.25) is 9.59 Å². The van der Waals surface area contributed by atoms with Gasteiger partial charge in [-0.15, -0.1) is 0 Å². The summed E-state index contributed by atoms with van der Waals surface area (Å²) in [5, 5.41) is 18.8. The number of fused-ring (bicyclic) bond motifs is 1. The molecular weight excluding hydrogens is 220 g/mol. The first-order valence-corrected chi connectivity index (χ1v) is 6.17. The largest absolute Gasteiger partial charge is 0.481 e. The van der Waals surface area contributed by atoms with Gasteiger partial charge in [-0.25, -0.2) is 0 Å². The van der Waals surface area contributed by atoms with Crippen LogP contribution in [0.3, 0.4) is 0 Å². The number of hydrogen-bond donors (Lipinski definition) is 2. The lowest BCUT2D eigenvalue weighted by atomic mass is 9.63. The van der Waals surface area contributed by atoms with Gasteiger partial charge in [0.05, 0.1) is 11.3 Å². The van der Waals surface area contributed by atoms with Crippen LogP contribution in [0.4, 0.5) is 0 Å². The van der Waals surface area contributed by atoms with Crippen molar-refractivity contribution in [3.8, 4) is 0 Å². The molecule has 2 N–H and O–H groups in total. The van der Waals surface area contributed by atoms with Gasteiger partial charge in [-0.2, -0.15) is 0 Å². The summed E-state index contributed by atoms with van der Waals surface area (Å²) in [7, 11) is 0. The Kier molecular flexibility index (Phi) is 2.12. The Labute approximate surface area is 99.3 Å². The lowest BCUT2D eigenvalue weighted by molar-refractivity contribution is -0.166. The molecule has 0 heterocycles. The minimum Gasteiger partial charge on any atom is -0.481 e. The Morgan fingerprint density at radius 3 is 2.65 bits per heavy atom. The van der Waals surface area contributed by atoms with Crippen LogP contribution < -0.4 is 0 Å². The maximum absolute atomic E-state index is 11.6. The van der Waals surface area contributed by atoms with Crippen molar-refractivity contribution in [2.45, 2.75) is 25.7 Å². The molecule has 5 unspecified atom stereocenters. The molecule has 0 saturated heterocycles. The Hall–Kier alpha value is -1.32. The second-order valence-electron chi connectivity index (χ2n) is 5.75. The van der Waals surface area contributed by atoms with Crippen molar-refractivity contribution in [2.24, 2.45) is 29.1 Å². The first-order valence-electron chi connectivity index (χ1n) is 6.17. The number of aliphatic carboxylic acids is 2. The molecule has 0 aromatic heterocycles. The standard InChI is InChI=1S/C13H16O4/c14-11(15)10-4-7-2-1-3-8-5-13(10,12(16)17)6-9(7)8/h1,3,7-10H,2,4-6H2,(H,14,15)(H,16,17). The molecular formula is C13H16O4. The molecule has 5 atom stereocenters. The van der Waals surface area contributed by atoms with Crippen molar-refractivity contribution in [3.05, 3.63) is 12.2 Å². The summed E-state index contributed by atoms with van der Waals surface area (Å²) < 4.78 is 0. The Morgan fingerprint density at radius 1 is 1.24 bits per heavy atom. The highest BCUT2D eigenvalue weighted by Gasteiger charge is 2.62. The van der Waals surface area contributed by atoms with E-state index in [4.69, 9.17) is 0 Å². The smallest absolute Gasteiger partial charge is 0.310 e. The van der Waals surface area contributed by atoms with E-state index in [9.17, 15) is 19.8 Å². The van der Waals surface area contributed by atoms with Crippen LogP contribution in [0.1, 0.15) is 25.7 Å². The minimum atomic E-state index is -1.01. The summed E-state index contributed by atoms with van der Waals surface area (Å²) in [6.45, 7) is 0. The van der Waals surface area contributed by atoms with E-state index in [1.165, 1.54) is 0 Å². The molecule has 2 saturated carbocycles. The lowest BCUT2D eigenvalue weighted by Crippen LogP contribution is -2.45. The van der Waals surface area contributed by atoms with Gasteiger partial charge >= 0.3 is 11.9 Å². The van der Waals surface area contributed by atoms with Crippen molar-refractivity contribution in [3.63, 3.8) is 0 Å². The van der Waals surface area contributed by atoms with Crippen molar-refractivity contribution in [1.29, 1.82) is 0 Å². The van der Waals surface area contributed by atoms with Gasteiger partial charge in [-0.1, -0.05) is 12.2 Å². The van der Waals surface area contributed by atoms with E-state index in [1.807, 2.05) is 0 Å². The zero-order valence-electron chi connectivity index (χ0n) is 9.50. The van der Waals surface area contributed by atoms with Crippen molar-refractivity contribution < 1.29 is 19.8 Å². The fraction of sp³-hybridized carbons (Fsp3) is 0.692. The molecule has 0 radical (unpaired) electrons. The van der Waals surface area contributed by atoms with Crippen LogP contribution in [0, 0.1) is 29.1 Å². The predicted molar refractivity (Wildman–Crippen MR) is 59.3 cm³/mol. The Morgan fingerprint density at radius 2 is 2.00 bits per heavy atom. The molecule has 0 aromatic rings. The summed E-state index contributed by atoms with van der Waals surface area (Å²) in [4.78, 5) is 22.9. The van der Waals surface area contributed by atoms with Crippen molar-refractivity contribution in [2.75, 3.05) is 0 Å². The zero-order valence-corrected chi connectivity index (χ0v) is 9.50. The van der Waals surface area contributed by atoms with E-state index in [0.29, 0.717) is 31.1 Å². The normalized spacial score (nSPS) is 46.8. The van der Waals surface area contributed by atoms with Crippen LogP contribution in [0.2, 0.25) is 0 Å². The number of allylic oxidation sites excluding steroid dienone is 2. The topological polar surface area (TPSA) is 74.6 Å². The maximum Gasteiger partial charge on any atom is 0.310 e. The quantitative estimate of drug-likeness (QED) is 0.716. The van der Waals surface area contributed by atoms with Crippen molar-refractivity contribution >= 4 is 11.9 Å². The molecule has 17 heavy (non-hydrogen) atoms. The minimum absolute atomic E-state index is 0.286. The average molecular weight is 236 g/mol. The molecule has 0 amide bonds. The van der Waals surface area contributed by atoms with Gasteiger partial charge < -0.3 is 10.2 Å². The second kappa shape index (κ2) is 3.34. The molecule has 2 fully saturated rings. The van der Waals surface area contributed by atoms with Gasteiger partial charge in [-0.05, 0) is 43.4 Å². The third-order valence-electron chi connectivity index (χ3n) is 5.11. The van der Waals surface area contributed by atoms with Crippen LogP contribution in [-0.2, 0) is 9.59 Å². The summed E-state index contributed by atoms with van der Waals surface area (Å²) in [6.07, 6.45) is 6.73. The first-order chi connectivity index (χ1) is 8.04. The molecule has 0 spiro atoms. The summed E-state index contributed by atoms with van der Waals surface area (Å²) in [6, 6.07) is 0. The van der Waals surface area contributed by atoms with Gasteiger partial charge in [0.1, 0.15) is 0 Å². The van der Waals surface area contributed by atoms with E-state index in [-0.39, 0.29) is 5.92 Å². The highest BCUT2D eigenvalue weighted by atomic mass is 16.4. The summed E-state index contributed by atoms with van der Waals surface area (Å²) in [5.74, 6) is -1.49. The fourth-order valence-corrected chi connectivity index (χ4v) is 4.30. The average Bonchev–Trinajstić information content (AvgIpc) is 2.65.